The van der Waals surface area contributed by atoms with Crippen molar-refractivity contribution in [1.82, 2.24) is 0 Å². The number of rotatable bonds is 2. The Labute approximate surface area is 126 Å². The van der Waals surface area contributed by atoms with Crippen LogP contribution in [0, 0.1) is 30.6 Å². The summed E-state index contributed by atoms with van der Waals surface area (Å²) >= 11 is 0. The molecule has 1 aromatic carbocycles. The number of fused-ring (bicyclic) bond motifs is 2. The lowest BCUT2D eigenvalue weighted by Gasteiger charge is -2.35. The summed E-state index contributed by atoms with van der Waals surface area (Å²) < 4.78 is 0. The highest BCUT2D eigenvalue weighted by molar-refractivity contribution is 6.14. The van der Waals surface area contributed by atoms with Crippen molar-refractivity contribution in [2.24, 2.45) is 16.7 Å². The maximum Gasteiger partial charge on any atom is 0.238 e. The van der Waals surface area contributed by atoms with E-state index in [1.165, 1.54) is 0 Å². The number of Topliss-reactive ketones (excluding diaryl/α,β-unsaturated/α-hetero) is 1. The summed E-state index contributed by atoms with van der Waals surface area (Å²) in [4.78, 5) is 25.4. The molecule has 0 aliphatic heterocycles. The molecule has 3 nitrogen and oxygen atoms in total. The molecule has 2 aliphatic rings. The minimum absolute atomic E-state index is 0.105. The van der Waals surface area contributed by atoms with Crippen molar-refractivity contribution in [3.05, 3.63) is 29.3 Å². The van der Waals surface area contributed by atoms with Gasteiger partial charge in [0.25, 0.3) is 0 Å². The molecule has 0 spiro atoms. The monoisotopic (exact) mass is 285 g/mol. The summed E-state index contributed by atoms with van der Waals surface area (Å²) in [6.07, 6.45) is 2.24. The van der Waals surface area contributed by atoms with E-state index in [2.05, 4.69) is 19.2 Å². The smallest absolute Gasteiger partial charge is 0.238 e. The van der Waals surface area contributed by atoms with Gasteiger partial charge in [-0.25, -0.2) is 0 Å². The van der Waals surface area contributed by atoms with Gasteiger partial charge >= 0.3 is 0 Å². The zero-order chi connectivity index (χ0) is 15.4. The van der Waals surface area contributed by atoms with E-state index in [1.807, 2.05) is 32.0 Å². The van der Waals surface area contributed by atoms with Gasteiger partial charge in [0.05, 0.1) is 0 Å². The lowest BCUT2D eigenvalue weighted by atomic mass is 9.68. The Hall–Kier alpha value is -1.64. The van der Waals surface area contributed by atoms with E-state index < -0.39 is 5.41 Å². The van der Waals surface area contributed by atoms with Crippen LogP contribution in [0.5, 0.6) is 0 Å². The zero-order valence-corrected chi connectivity index (χ0v) is 13.2. The summed E-state index contributed by atoms with van der Waals surface area (Å²) in [7, 11) is 0. The molecule has 0 heterocycles. The number of amides is 1. The van der Waals surface area contributed by atoms with Crippen molar-refractivity contribution >= 4 is 17.4 Å². The molecule has 3 rings (SSSR count). The van der Waals surface area contributed by atoms with Crippen molar-refractivity contribution < 1.29 is 9.59 Å². The van der Waals surface area contributed by atoms with E-state index in [9.17, 15) is 9.59 Å². The van der Waals surface area contributed by atoms with E-state index >= 15 is 0 Å². The first kappa shape index (κ1) is 14.3. The lowest BCUT2D eigenvalue weighted by molar-refractivity contribution is -0.141. The second kappa shape index (κ2) is 4.43. The second-order valence-electron chi connectivity index (χ2n) is 7.26. The summed E-state index contributed by atoms with van der Waals surface area (Å²) in [5.74, 6) is 0.382. The Morgan fingerprint density at radius 3 is 2.57 bits per heavy atom. The van der Waals surface area contributed by atoms with Crippen LogP contribution in [-0.4, -0.2) is 11.7 Å². The molecule has 1 N–H and O–H groups in total. The topological polar surface area (TPSA) is 46.2 Å². The van der Waals surface area contributed by atoms with E-state index in [0.29, 0.717) is 18.8 Å². The molecule has 2 aliphatic carbocycles. The highest BCUT2D eigenvalue weighted by atomic mass is 16.2. The van der Waals surface area contributed by atoms with E-state index in [4.69, 9.17) is 0 Å². The number of carbonyl (C=O) groups excluding carboxylic acids is 2. The van der Waals surface area contributed by atoms with E-state index in [0.717, 1.165) is 23.2 Å². The Bertz CT molecular complexity index is 632. The number of aryl methyl sites for hydroxylation is 2. The van der Waals surface area contributed by atoms with Crippen LogP contribution in [0.1, 0.15) is 44.2 Å². The molecule has 2 bridgehead atoms. The van der Waals surface area contributed by atoms with Crippen molar-refractivity contribution in [3.63, 3.8) is 0 Å². The molecule has 0 radical (unpaired) electrons. The van der Waals surface area contributed by atoms with Crippen LogP contribution in [0.15, 0.2) is 18.2 Å². The van der Waals surface area contributed by atoms with Crippen LogP contribution in [0.3, 0.4) is 0 Å². The van der Waals surface area contributed by atoms with Crippen molar-refractivity contribution in [2.75, 3.05) is 5.32 Å². The number of carbonyl (C=O) groups is 2. The predicted octanol–water partition coefficient (Wildman–Crippen LogP) is 3.64. The lowest BCUT2D eigenvalue weighted by Crippen LogP contribution is -2.46. The largest absolute Gasteiger partial charge is 0.325 e. The number of hydrogen-bond acceptors (Lipinski definition) is 2. The maximum atomic E-state index is 13.0. The quantitative estimate of drug-likeness (QED) is 0.843. The molecule has 0 saturated heterocycles. The van der Waals surface area contributed by atoms with Gasteiger partial charge in [0.1, 0.15) is 11.2 Å². The molecule has 2 atom stereocenters. The standard InChI is InChI=1S/C18H23NO2/c1-11-5-6-12(2)14(9-11)19-16(21)18-8-7-13(10-15(18)20)17(18,3)4/h5-6,9,13H,7-8,10H2,1-4H3,(H,19,21). The van der Waals surface area contributed by atoms with Gasteiger partial charge in [-0.2, -0.15) is 0 Å². The summed E-state index contributed by atoms with van der Waals surface area (Å²) in [6.45, 7) is 8.14. The third-order valence-corrected chi connectivity index (χ3v) is 5.93. The zero-order valence-electron chi connectivity index (χ0n) is 13.2. The third kappa shape index (κ3) is 1.79. The summed E-state index contributed by atoms with van der Waals surface area (Å²) in [5.41, 5.74) is 1.91. The average Bonchev–Trinajstić information content (AvgIpc) is 2.77. The fourth-order valence-electron chi connectivity index (χ4n) is 4.31. The van der Waals surface area contributed by atoms with Crippen LogP contribution < -0.4 is 5.32 Å². The first-order valence-corrected chi connectivity index (χ1v) is 7.71. The Morgan fingerprint density at radius 1 is 1.29 bits per heavy atom. The minimum Gasteiger partial charge on any atom is -0.325 e. The first-order chi connectivity index (χ1) is 9.79. The van der Waals surface area contributed by atoms with Crippen LogP contribution in [0.4, 0.5) is 5.69 Å². The molecule has 21 heavy (non-hydrogen) atoms. The Balaban J connectivity index is 1.95. The van der Waals surface area contributed by atoms with Crippen LogP contribution >= 0.6 is 0 Å². The van der Waals surface area contributed by atoms with Crippen molar-refractivity contribution in [1.29, 1.82) is 0 Å². The number of anilines is 1. The molecular weight excluding hydrogens is 262 g/mol. The van der Waals surface area contributed by atoms with Gasteiger partial charge in [0, 0.05) is 12.1 Å². The molecule has 1 amide bonds. The highest BCUT2D eigenvalue weighted by Crippen LogP contribution is 2.64. The van der Waals surface area contributed by atoms with Crippen molar-refractivity contribution in [3.8, 4) is 0 Å². The molecule has 0 aromatic heterocycles. The van der Waals surface area contributed by atoms with Gasteiger partial charge in [0.2, 0.25) is 5.91 Å². The van der Waals surface area contributed by atoms with Gasteiger partial charge < -0.3 is 5.32 Å². The first-order valence-electron chi connectivity index (χ1n) is 7.71. The molecule has 2 saturated carbocycles. The molecule has 2 fully saturated rings. The molecular formula is C18H23NO2. The SMILES string of the molecule is Cc1ccc(C)c(NC(=O)C23CCC(CC2=O)C3(C)C)c1. The van der Waals surface area contributed by atoms with Gasteiger partial charge in [-0.15, -0.1) is 0 Å². The highest BCUT2D eigenvalue weighted by Gasteiger charge is 2.68. The number of benzene rings is 1. The van der Waals surface area contributed by atoms with Crippen molar-refractivity contribution in [2.45, 2.75) is 47.0 Å². The van der Waals surface area contributed by atoms with Gasteiger partial charge in [0.15, 0.2) is 0 Å². The van der Waals surface area contributed by atoms with Gasteiger partial charge in [-0.1, -0.05) is 26.0 Å². The average molecular weight is 285 g/mol. The minimum atomic E-state index is -0.826. The van der Waals surface area contributed by atoms with Crippen LogP contribution in [0.25, 0.3) is 0 Å². The number of ketones is 1. The van der Waals surface area contributed by atoms with E-state index in [1.54, 1.807) is 0 Å². The molecule has 3 heteroatoms. The fourth-order valence-corrected chi connectivity index (χ4v) is 4.31. The van der Waals surface area contributed by atoms with E-state index in [-0.39, 0.29) is 17.1 Å². The number of nitrogens with one attached hydrogen (secondary N) is 1. The predicted molar refractivity (Wildman–Crippen MR) is 83.1 cm³/mol. The van der Waals surface area contributed by atoms with Gasteiger partial charge in [-0.05, 0) is 55.2 Å². The molecule has 1 aromatic rings. The normalized spacial score (nSPS) is 29.7. The van der Waals surface area contributed by atoms with Crippen LogP contribution in [-0.2, 0) is 9.59 Å². The maximum absolute atomic E-state index is 13.0. The van der Waals surface area contributed by atoms with Gasteiger partial charge in [-0.3, -0.25) is 9.59 Å². The Kier molecular flexibility index (Phi) is 3.01. The fraction of sp³-hybridized carbons (Fsp3) is 0.556. The summed E-state index contributed by atoms with van der Waals surface area (Å²) in [6, 6.07) is 6.00. The second-order valence-corrected chi connectivity index (χ2v) is 7.26. The molecule has 112 valence electrons. The molecule has 2 unspecified atom stereocenters. The third-order valence-electron chi connectivity index (χ3n) is 5.93. The van der Waals surface area contributed by atoms with Crippen LogP contribution in [0.2, 0.25) is 0 Å². The number of hydrogen-bond donors (Lipinski definition) is 1. The summed E-state index contributed by atoms with van der Waals surface area (Å²) in [5, 5.41) is 3.04. The Morgan fingerprint density at radius 2 is 2.00 bits per heavy atom.